The molecule has 29 heavy (non-hydrogen) atoms. The fourth-order valence-electron chi connectivity index (χ4n) is 2.47. The number of benzene rings is 2. The summed E-state index contributed by atoms with van der Waals surface area (Å²) in [5.41, 5.74) is 1.11. The summed E-state index contributed by atoms with van der Waals surface area (Å²) in [6, 6.07) is 12.3. The molecule has 0 aliphatic rings. The number of anilines is 1. The highest BCUT2D eigenvalue weighted by Crippen LogP contribution is 2.25. The molecule has 1 amide bonds. The van der Waals surface area contributed by atoms with Gasteiger partial charge in [-0.15, -0.1) is 0 Å². The van der Waals surface area contributed by atoms with Gasteiger partial charge in [-0.05, 0) is 48.9 Å². The van der Waals surface area contributed by atoms with Crippen LogP contribution in [0, 0.1) is 22.9 Å². The van der Waals surface area contributed by atoms with Crippen molar-refractivity contribution in [3.05, 3.63) is 81.5 Å². The lowest BCUT2D eigenvalue weighted by Gasteiger charge is -2.07. The second kappa shape index (κ2) is 8.79. The van der Waals surface area contributed by atoms with Crippen molar-refractivity contribution in [1.82, 2.24) is 5.16 Å². The standard InChI is InChI=1S/C20H16FN3O5/c1-13-20(24(26)27)18(29-23-13)10-7-14-5-8-17(9-6-14)28-12-19(25)22-16-4-2-3-15(21)11-16/h2-11H,12H2,1H3,(H,22,25)/b10-7+. The Labute approximate surface area is 164 Å². The number of aromatic nitrogens is 1. The van der Waals surface area contributed by atoms with Gasteiger partial charge in [0, 0.05) is 5.69 Å². The summed E-state index contributed by atoms with van der Waals surface area (Å²) >= 11 is 0. The van der Waals surface area contributed by atoms with E-state index in [4.69, 9.17) is 9.26 Å². The van der Waals surface area contributed by atoms with Gasteiger partial charge in [0.1, 0.15) is 11.6 Å². The molecule has 9 heteroatoms. The normalized spacial score (nSPS) is 10.8. The van der Waals surface area contributed by atoms with Gasteiger partial charge in [0.25, 0.3) is 5.91 Å². The predicted molar refractivity (Wildman–Crippen MR) is 104 cm³/mol. The Morgan fingerprint density at radius 2 is 2.03 bits per heavy atom. The molecule has 0 spiro atoms. The Morgan fingerprint density at radius 1 is 1.28 bits per heavy atom. The monoisotopic (exact) mass is 397 g/mol. The fraction of sp³-hybridized carbons (Fsp3) is 0.100. The van der Waals surface area contributed by atoms with Crippen LogP contribution in [0.1, 0.15) is 17.0 Å². The number of nitro groups is 1. The molecule has 148 valence electrons. The Morgan fingerprint density at radius 3 is 2.72 bits per heavy atom. The highest BCUT2D eigenvalue weighted by atomic mass is 19.1. The number of nitrogens with one attached hydrogen (secondary N) is 1. The average Bonchev–Trinajstić information content (AvgIpc) is 3.06. The molecule has 0 aliphatic carbocycles. The lowest BCUT2D eigenvalue weighted by Crippen LogP contribution is -2.20. The number of carbonyl (C=O) groups excluding carboxylic acids is 1. The van der Waals surface area contributed by atoms with Crippen molar-refractivity contribution >= 4 is 29.4 Å². The van der Waals surface area contributed by atoms with Crippen LogP contribution in [-0.4, -0.2) is 22.6 Å². The van der Waals surface area contributed by atoms with E-state index < -0.39 is 16.6 Å². The maximum atomic E-state index is 13.1. The number of hydrogen-bond donors (Lipinski definition) is 1. The van der Waals surface area contributed by atoms with E-state index in [1.165, 1.54) is 31.2 Å². The highest BCUT2D eigenvalue weighted by Gasteiger charge is 2.21. The topological polar surface area (TPSA) is 108 Å². The number of hydrogen-bond acceptors (Lipinski definition) is 6. The molecule has 0 unspecified atom stereocenters. The van der Waals surface area contributed by atoms with Crippen molar-refractivity contribution in [3.63, 3.8) is 0 Å². The molecule has 0 radical (unpaired) electrons. The van der Waals surface area contributed by atoms with Gasteiger partial charge >= 0.3 is 5.69 Å². The third kappa shape index (κ3) is 5.25. The van der Waals surface area contributed by atoms with E-state index in [0.29, 0.717) is 11.4 Å². The second-order valence-electron chi connectivity index (χ2n) is 5.99. The Hall–Kier alpha value is -4.01. The van der Waals surface area contributed by atoms with Crippen molar-refractivity contribution in [2.75, 3.05) is 11.9 Å². The number of amides is 1. The van der Waals surface area contributed by atoms with Gasteiger partial charge in [0.2, 0.25) is 5.76 Å². The quantitative estimate of drug-likeness (QED) is 0.472. The van der Waals surface area contributed by atoms with Crippen LogP contribution in [0.25, 0.3) is 12.2 Å². The molecule has 0 fully saturated rings. The van der Waals surface area contributed by atoms with Gasteiger partial charge in [0.05, 0.1) is 4.92 Å². The molecule has 3 rings (SSSR count). The summed E-state index contributed by atoms with van der Waals surface area (Å²) in [6.07, 6.45) is 3.09. The van der Waals surface area contributed by atoms with E-state index in [1.807, 2.05) is 0 Å². The first-order chi connectivity index (χ1) is 13.9. The van der Waals surface area contributed by atoms with Crippen molar-refractivity contribution in [3.8, 4) is 5.75 Å². The zero-order valence-corrected chi connectivity index (χ0v) is 15.3. The summed E-state index contributed by atoms with van der Waals surface area (Å²) < 4.78 is 23.5. The third-order valence-electron chi connectivity index (χ3n) is 3.83. The zero-order valence-electron chi connectivity index (χ0n) is 15.3. The Kier molecular flexibility index (Phi) is 5.98. The molecule has 3 aromatic rings. The number of halogens is 1. The first-order valence-corrected chi connectivity index (χ1v) is 8.49. The van der Waals surface area contributed by atoms with Crippen molar-refractivity contribution in [2.24, 2.45) is 0 Å². The van der Waals surface area contributed by atoms with Crippen molar-refractivity contribution < 1.29 is 23.4 Å². The molecule has 0 saturated carbocycles. The van der Waals surface area contributed by atoms with E-state index in [9.17, 15) is 19.3 Å². The summed E-state index contributed by atoms with van der Waals surface area (Å²) in [4.78, 5) is 22.3. The Bertz CT molecular complexity index is 1060. The van der Waals surface area contributed by atoms with Crippen LogP contribution in [0.15, 0.2) is 53.1 Å². The minimum absolute atomic E-state index is 0.0573. The summed E-state index contributed by atoms with van der Waals surface area (Å²) in [7, 11) is 0. The van der Waals surface area contributed by atoms with Gasteiger partial charge in [-0.25, -0.2) is 4.39 Å². The van der Waals surface area contributed by atoms with Gasteiger partial charge < -0.3 is 14.6 Å². The van der Waals surface area contributed by atoms with E-state index >= 15 is 0 Å². The van der Waals surface area contributed by atoms with Crippen LogP contribution in [0.5, 0.6) is 5.75 Å². The van der Waals surface area contributed by atoms with Crippen LogP contribution >= 0.6 is 0 Å². The van der Waals surface area contributed by atoms with Gasteiger partial charge in [0.15, 0.2) is 12.3 Å². The van der Waals surface area contributed by atoms with E-state index in [1.54, 1.807) is 36.4 Å². The van der Waals surface area contributed by atoms with Crippen LogP contribution < -0.4 is 10.1 Å². The second-order valence-corrected chi connectivity index (χ2v) is 5.99. The molecular weight excluding hydrogens is 381 g/mol. The summed E-state index contributed by atoms with van der Waals surface area (Å²) in [6.45, 7) is 1.25. The molecule has 0 saturated heterocycles. The lowest BCUT2D eigenvalue weighted by atomic mass is 10.2. The molecule has 1 aromatic heterocycles. The largest absolute Gasteiger partial charge is 0.484 e. The minimum Gasteiger partial charge on any atom is -0.484 e. The molecular formula is C20H16FN3O5. The smallest absolute Gasteiger partial charge is 0.338 e. The van der Waals surface area contributed by atoms with Gasteiger partial charge in [-0.1, -0.05) is 29.4 Å². The van der Waals surface area contributed by atoms with E-state index in [-0.39, 0.29) is 23.7 Å². The van der Waals surface area contributed by atoms with E-state index in [0.717, 1.165) is 5.56 Å². The van der Waals surface area contributed by atoms with E-state index in [2.05, 4.69) is 10.5 Å². The number of aryl methyl sites for hydroxylation is 1. The molecule has 0 atom stereocenters. The first kappa shape index (κ1) is 19.7. The molecule has 0 aliphatic heterocycles. The van der Waals surface area contributed by atoms with Crippen molar-refractivity contribution in [1.29, 1.82) is 0 Å². The number of carbonyl (C=O) groups is 1. The number of ether oxygens (including phenoxy) is 1. The van der Waals surface area contributed by atoms with Gasteiger partial charge in [-0.2, -0.15) is 0 Å². The lowest BCUT2D eigenvalue weighted by molar-refractivity contribution is -0.386. The van der Waals surface area contributed by atoms with Crippen LogP contribution in [0.4, 0.5) is 15.8 Å². The maximum absolute atomic E-state index is 13.1. The van der Waals surface area contributed by atoms with Crippen LogP contribution in [0.2, 0.25) is 0 Å². The molecule has 2 aromatic carbocycles. The van der Waals surface area contributed by atoms with Crippen LogP contribution in [0.3, 0.4) is 0 Å². The van der Waals surface area contributed by atoms with Crippen molar-refractivity contribution in [2.45, 2.75) is 6.92 Å². The van der Waals surface area contributed by atoms with Gasteiger partial charge in [-0.3, -0.25) is 14.9 Å². The molecule has 1 heterocycles. The predicted octanol–water partition coefficient (Wildman–Crippen LogP) is 4.22. The third-order valence-corrected chi connectivity index (χ3v) is 3.83. The molecule has 0 bridgehead atoms. The Balaban J connectivity index is 1.56. The fourth-order valence-corrected chi connectivity index (χ4v) is 2.47. The number of rotatable bonds is 7. The minimum atomic E-state index is -0.544. The summed E-state index contributed by atoms with van der Waals surface area (Å²) in [5.74, 6) is -0.356. The average molecular weight is 397 g/mol. The SMILES string of the molecule is Cc1noc(/C=C/c2ccc(OCC(=O)Nc3cccc(F)c3)cc2)c1[N+](=O)[O-]. The molecule has 8 nitrogen and oxygen atoms in total. The number of nitrogens with zero attached hydrogens (tertiary/aromatic N) is 2. The highest BCUT2D eigenvalue weighted by molar-refractivity contribution is 5.91. The zero-order chi connectivity index (χ0) is 20.8. The molecule has 1 N–H and O–H groups in total. The summed E-state index contributed by atoms with van der Waals surface area (Å²) in [5, 5.41) is 17.1. The maximum Gasteiger partial charge on any atom is 0.338 e. The first-order valence-electron chi connectivity index (χ1n) is 8.49. The van der Waals surface area contributed by atoms with Crippen LogP contribution in [-0.2, 0) is 4.79 Å².